The zero-order valence-electron chi connectivity index (χ0n) is 18.4. The number of benzene rings is 3. The van der Waals surface area contributed by atoms with Crippen molar-refractivity contribution in [2.45, 2.75) is 19.6 Å². The largest absolute Gasteiger partial charge is 0.493 e. The van der Waals surface area contributed by atoms with Gasteiger partial charge in [0.2, 0.25) is 0 Å². The zero-order chi connectivity index (χ0) is 21.9. The van der Waals surface area contributed by atoms with Crippen LogP contribution < -0.4 is 25.3 Å². The van der Waals surface area contributed by atoms with Gasteiger partial charge in [0.15, 0.2) is 17.5 Å². The molecule has 0 atom stereocenters. The summed E-state index contributed by atoms with van der Waals surface area (Å²) >= 11 is 0. The van der Waals surface area contributed by atoms with Crippen molar-refractivity contribution in [3.8, 4) is 17.2 Å². The Morgan fingerprint density at radius 1 is 0.844 bits per heavy atom. The van der Waals surface area contributed by atoms with E-state index >= 15 is 0 Å². The van der Waals surface area contributed by atoms with Crippen LogP contribution in [-0.2, 0) is 19.6 Å². The van der Waals surface area contributed by atoms with Crippen molar-refractivity contribution in [1.82, 2.24) is 5.32 Å². The molecule has 0 spiro atoms. The van der Waals surface area contributed by atoms with Crippen LogP contribution in [0.5, 0.6) is 17.2 Å². The minimum absolute atomic E-state index is 0. The highest BCUT2D eigenvalue weighted by Gasteiger charge is 2.04. The fourth-order valence-electron chi connectivity index (χ4n) is 3.04. The van der Waals surface area contributed by atoms with Gasteiger partial charge in [-0.2, -0.15) is 0 Å². The second-order valence-corrected chi connectivity index (χ2v) is 6.99. The van der Waals surface area contributed by atoms with Crippen molar-refractivity contribution in [3.05, 3.63) is 89.5 Å². The van der Waals surface area contributed by atoms with Crippen molar-refractivity contribution in [2.75, 3.05) is 20.8 Å². The highest BCUT2D eigenvalue weighted by Crippen LogP contribution is 2.27. The molecule has 0 saturated carbocycles. The molecule has 0 aliphatic heterocycles. The number of rotatable bonds is 10. The van der Waals surface area contributed by atoms with Crippen LogP contribution in [0.15, 0.2) is 77.8 Å². The lowest BCUT2D eigenvalue weighted by molar-refractivity contribution is 0.306. The van der Waals surface area contributed by atoms with Crippen LogP contribution in [-0.4, -0.2) is 26.7 Å². The van der Waals surface area contributed by atoms with E-state index in [4.69, 9.17) is 19.9 Å². The van der Waals surface area contributed by atoms with Crippen molar-refractivity contribution in [2.24, 2.45) is 10.7 Å². The molecular weight excluding hydrogens is 517 g/mol. The molecule has 3 rings (SSSR count). The monoisotopic (exact) mass is 547 g/mol. The van der Waals surface area contributed by atoms with Crippen molar-refractivity contribution in [1.29, 1.82) is 0 Å². The number of aliphatic imine (C=N–C) groups is 1. The third-order valence-electron chi connectivity index (χ3n) is 4.77. The van der Waals surface area contributed by atoms with Gasteiger partial charge in [-0.05, 0) is 47.4 Å². The Labute approximate surface area is 206 Å². The van der Waals surface area contributed by atoms with Crippen molar-refractivity contribution in [3.63, 3.8) is 0 Å². The van der Waals surface area contributed by atoms with Crippen molar-refractivity contribution >= 4 is 29.9 Å². The molecule has 3 aromatic rings. The molecule has 0 radical (unpaired) electrons. The van der Waals surface area contributed by atoms with Gasteiger partial charge in [-0.1, -0.05) is 48.5 Å². The van der Waals surface area contributed by atoms with E-state index in [2.05, 4.69) is 10.3 Å². The van der Waals surface area contributed by atoms with Crippen LogP contribution >= 0.6 is 24.0 Å². The van der Waals surface area contributed by atoms with E-state index in [9.17, 15) is 0 Å². The van der Waals surface area contributed by atoms with Crippen LogP contribution in [0, 0.1) is 0 Å². The summed E-state index contributed by atoms with van der Waals surface area (Å²) in [6.07, 6.45) is 0.796. The Kier molecular flexibility index (Phi) is 10.7. The number of hydrogen-bond donors (Lipinski definition) is 2. The van der Waals surface area contributed by atoms with Gasteiger partial charge in [0.1, 0.15) is 12.4 Å². The van der Waals surface area contributed by atoms with E-state index in [1.165, 1.54) is 0 Å². The average Bonchev–Trinajstić information content (AvgIpc) is 2.82. The molecule has 170 valence electrons. The molecule has 0 bridgehead atoms. The van der Waals surface area contributed by atoms with E-state index < -0.39 is 0 Å². The quantitative estimate of drug-likeness (QED) is 0.221. The number of guanidine groups is 1. The summed E-state index contributed by atoms with van der Waals surface area (Å²) in [6.45, 7) is 1.74. The molecule has 0 amide bonds. The van der Waals surface area contributed by atoms with Gasteiger partial charge in [0, 0.05) is 6.54 Å². The smallest absolute Gasteiger partial charge is 0.188 e. The normalized spacial score (nSPS) is 10.8. The second kappa shape index (κ2) is 13.5. The van der Waals surface area contributed by atoms with Crippen molar-refractivity contribution < 1.29 is 14.2 Å². The number of halogens is 1. The third kappa shape index (κ3) is 7.96. The molecular formula is C25H30IN3O3. The molecule has 0 aliphatic carbocycles. The first kappa shape index (κ1) is 25.3. The van der Waals surface area contributed by atoms with E-state index in [0.29, 0.717) is 25.7 Å². The minimum atomic E-state index is 0. The Morgan fingerprint density at radius 3 is 2.22 bits per heavy atom. The Hall–Kier alpha value is -2.94. The van der Waals surface area contributed by atoms with Crippen LogP contribution in [0.3, 0.4) is 0 Å². The lowest BCUT2D eigenvalue weighted by Crippen LogP contribution is -2.33. The molecule has 0 fully saturated rings. The molecule has 0 unspecified atom stereocenters. The molecule has 7 heteroatoms. The Balaban J connectivity index is 0.00000363. The summed E-state index contributed by atoms with van der Waals surface area (Å²) < 4.78 is 16.4. The molecule has 3 aromatic carbocycles. The van der Waals surface area contributed by atoms with Gasteiger partial charge in [0.05, 0.1) is 20.8 Å². The number of nitrogens with zero attached hydrogens (tertiary/aromatic N) is 1. The molecule has 6 nitrogen and oxygen atoms in total. The first-order chi connectivity index (χ1) is 15.2. The van der Waals surface area contributed by atoms with Gasteiger partial charge in [-0.3, -0.25) is 0 Å². The third-order valence-corrected chi connectivity index (χ3v) is 4.77. The summed E-state index contributed by atoms with van der Waals surface area (Å²) in [7, 11) is 3.26. The number of ether oxygens (including phenoxy) is 3. The van der Waals surface area contributed by atoms with Crippen LogP contribution in [0.2, 0.25) is 0 Å². The fraction of sp³-hybridized carbons (Fsp3) is 0.240. The lowest BCUT2D eigenvalue weighted by atomic mass is 10.1. The van der Waals surface area contributed by atoms with Gasteiger partial charge in [-0.25, -0.2) is 4.99 Å². The summed E-state index contributed by atoms with van der Waals surface area (Å²) in [5.74, 6) is 2.69. The zero-order valence-corrected chi connectivity index (χ0v) is 20.7. The topological polar surface area (TPSA) is 78.1 Å². The molecule has 0 saturated heterocycles. The number of nitrogens with one attached hydrogen (secondary N) is 1. The van der Waals surface area contributed by atoms with E-state index in [0.717, 1.165) is 40.4 Å². The summed E-state index contributed by atoms with van der Waals surface area (Å²) in [5, 5.41) is 3.15. The Morgan fingerprint density at radius 2 is 1.53 bits per heavy atom. The van der Waals surface area contributed by atoms with E-state index in [1.54, 1.807) is 14.2 Å². The molecule has 0 heterocycles. The SMILES string of the molecule is COc1ccc(CCNC(N)=NCc2ccc(OCc3ccccc3)cc2)cc1OC.I. The highest BCUT2D eigenvalue weighted by atomic mass is 127. The average molecular weight is 547 g/mol. The number of hydrogen-bond acceptors (Lipinski definition) is 4. The van der Waals surface area contributed by atoms with Gasteiger partial charge in [-0.15, -0.1) is 24.0 Å². The van der Waals surface area contributed by atoms with Gasteiger partial charge >= 0.3 is 0 Å². The molecule has 3 N–H and O–H groups in total. The first-order valence-electron chi connectivity index (χ1n) is 10.2. The maximum Gasteiger partial charge on any atom is 0.188 e. The fourth-order valence-corrected chi connectivity index (χ4v) is 3.04. The molecule has 0 aliphatic rings. The predicted octanol–water partition coefficient (Wildman–Crippen LogP) is 4.55. The maximum atomic E-state index is 6.00. The highest BCUT2D eigenvalue weighted by molar-refractivity contribution is 14.0. The molecule has 32 heavy (non-hydrogen) atoms. The maximum absolute atomic E-state index is 6.00. The van der Waals surface area contributed by atoms with Gasteiger partial charge < -0.3 is 25.3 Å². The second-order valence-electron chi connectivity index (χ2n) is 6.99. The van der Waals surface area contributed by atoms with Crippen LogP contribution in [0.4, 0.5) is 0 Å². The summed E-state index contributed by atoms with van der Waals surface area (Å²) in [4.78, 5) is 4.41. The first-order valence-corrected chi connectivity index (χ1v) is 10.2. The molecule has 0 aromatic heterocycles. The van der Waals surface area contributed by atoms with Crippen LogP contribution in [0.1, 0.15) is 16.7 Å². The lowest BCUT2D eigenvalue weighted by Gasteiger charge is -2.10. The minimum Gasteiger partial charge on any atom is -0.493 e. The number of nitrogens with two attached hydrogens (primary N) is 1. The number of methoxy groups -OCH3 is 2. The predicted molar refractivity (Wildman–Crippen MR) is 139 cm³/mol. The summed E-state index contributed by atoms with van der Waals surface area (Å²) in [5.41, 5.74) is 9.34. The standard InChI is InChI=1S/C25H29N3O3.HI/c1-29-23-13-10-19(16-24(23)30-2)14-15-27-25(26)28-17-20-8-11-22(12-9-20)31-18-21-6-4-3-5-7-21;/h3-13,16H,14-15,17-18H2,1-2H3,(H3,26,27,28);1H. The van der Waals surface area contributed by atoms with Gasteiger partial charge in [0.25, 0.3) is 0 Å². The van der Waals surface area contributed by atoms with Crippen LogP contribution in [0.25, 0.3) is 0 Å². The van der Waals surface area contributed by atoms with E-state index in [-0.39, 0.29) is 24.0 Å². The van der Waals surface area contributed by atoms with E-state index in [1.807, 2.05) is 72.8 Å². The Bertz CT molecular complexity index is 979. The summed E-state index contributed by atoms with van der Waals surface area (Å²) in [6, 6.07) is 23.9.